The second kappa shape index (κ2) is 9.82. The number of thioether (sulfide) groups is 1. The van der Waals surface area contributed by atoms with E-state index in [0.717, 1.165) is 32.1 Å². The molecule has 1 N–H and O–H groups in total. The van der Waals surface area contributed by atoms with Crippen LogP contribution in [0.25, 0.3) is 0 Å². The number of nitrogens with zero attached hydrogens (tertiary/aromatic N) is 2. The van der Waals surface area contributed by atoms with Gasteiger partial charge in [0.25, 0.3) is 0 Å². The van der Waals surface area contributed by atoms with Crippen molar-refractivity contribution in [2.45, 2.75) is 93.3 Å². The van der Waals surface area contributed by atoms with Gasteiger partial charge in [-0.3, -0.25) is 14.4 Å². The number of cyclic esters (lactones) is 1. The van der Waals surface area contributed by atoms with E-state index in [1.807, 2.05) is 31.7 Å². The zero-order chi connectivity index (χ0) is 25.7. The molecule has 198 valence electrons. The zero-order valence-corrected chi connectivity index (χ0v) is 22.5. The fourth-order valence-electron chi connectivity index (χ4n) is 7.34. The third-order valence-corrected chi connectivity index (χ3v) is 11.1. The first-order chi connectivity index (χ1) is 17.3. The van der Waals surface area contributed by atoms with E-state index in [1.54, 1.807) is 16.7 Å². The summed E-state index contributed by atoms with van der Waals surface area (Å²) < 4.78 is 4.08. The number of fused-ring (bicyclic) bond motifs is 2. The summed E-state index contributed by atoms with van der Waals surface area (Å²) in [5.74, 6) is -1.98. The lowest BCUT2D eigenvalue weighted by molar-refractivity contribution is -0.155. The molecule has 8 heteroatoms. The van der Waals surface area contributed by atoms with Crippen LogP contribution in [0.3, 0.4) is 0 Å². The second-order valence-corrected chi connectivity index (χ2v) is 13.2. The molecule has 36 heavy (non-hydrogen) atoms. The van der Waals surface area contributed by atoms with Gasteiger partial charge in [0.2, 0.25) is 11.8 Å². The molecule has 7 atom stereocenters. The number of hydrogen-bond donors (Lipinski definition) is 1. The molecule has 3 fully saturated rings. The summed E-state index contributed by atoms with van der Waals surface area (Å²) >= 11 is 1.58. The number of carbonyl (C=O) groups is 3. The molecular weight excluding hydrogens is 476 g/mol. The molecule has 1 unspecified atom stereocenters. The first-order valence-corrected chi connectivity index (χ1v) is 14.6. The molecule has 5 rings (SSSR count). The van der Waals surface area contributed by atoms with E-state index < -0.39 is 33.4 Å². The number of ether oxygens (including phenoxy) is 1. The Morgan fingerprint density at radius 3 is 2.56 bits per heavy atom. The average Bonchev–Trinajstić information content (AvgIpc) is 3.19. The first kappa shape index (κ1) is 25.8. The van der Waals surface area contributed by atoms with Crippen LogP contribution in [0.2, 0.25) is 0 Å². The number of aliphatic hydroxyl groups excluding tert-OH is 1. The normalized spacial score (nSPS) is 38.6. The highest BCUT2D eigenvalue weighted by Crippen LogP contribution is 2.65. The summed E-state index contributed by atoms with van der Waals surface area (Å²) in [5, 5.41) is 10.5. The third kappa shape index (κ3) is 3.85. The summed E-state index contributed by atoms with van der Waals surface area (Å²) in [6.07, 6.45) is 15.0. The second-order valence-electron chi connectivity index (χ2n) is 11.4. The van der Waals surface area contributed by atoms with Gasteiger partial charge in [0.1, 0.15) is 6.04 Å². The number of likely N-dealkylation sites (tertiary alicyclic amines) is 1. The number of amides is 2. The van der Waals surface area contributed by atoms with Gasteiger partial charge < -0.3 is 19.6 Å². The van der Waals surface area contributed by atoms with Gasteiger partial charge in [-0.1, -0.05) is 63.8 Å². The standard InChI is InChI=1S/C28H40N2O5S/c1-4-18(2)20(17-31)30-23-25(33)29(19-11-6-5-7-12-19)15-10-14-28(23)21(24(30)32)22-26(34)35-16-9-8-13-27(22,3)36-28/h8,10,13-14,18-23,31H,4-7,9,11-12,15-17H2,1-3H3/t18-,20-,21-,22+,23?,27-,28-/m0/s1. The maximum absolute atomic E-state index is 14.5. The molecule has 0 radical (unpaired) electrons. The molecule has 2 amide bonds. The fraction of sp³-hybridized carbons (Fsp3) is 0.750. The molecule has 4 heterocycles. The Labute approximate surface area is 218 Å². The lowest BCUT2D eigenvalue weighted by Crippen LogP contribution is -2.59. The molecule has 1 spiro atoms. The Bertz CT molecular complexity index is 962. The molecular formula is C28H40N2O5S. The van der Waals surface area contributed by atoms with Crippen LogP contribution in [0.5, 0.6) is 0 Å². The lowest BCUT2D eigenvalue weighted by atomic mass is 9.74. The van der Waals surface area contributed by atoms with Crippen molar-refractivity contribution < 1.29 is 24.2 Å². The predicted octanol–water partition coefficient (Wildman–Crippen LogP) is 3.32. The van der Waals surface area contributed by atoms with Crippen molar-refractivity contribution in [2.75, 3.05) is 19.8 Å². The number of rotatable bonds is 5. The highest BCUT2D eigenvalue weighted by molar-refractivity contribution is 8.02. The molecule has 0 bridgehead atoms. The maximum atomic E-state index is 14.5. The van der Waals surface area contributed by atoms with E-state index in [1.165, 1.54) is 6.42 Å². The molecule has 5 aliphatic rings. The molecule has 0 aromatic carbocycles. The Balaban J connectivity index is 1.65. The van der Waals surface area contributed by atoms with E-state index in [4.69, 9.17) is 4.74 Å². The predicted molar refractivity (Wildman–Crippen MR) is 139 cm³/mol. The minimum absolute atomic E-state index is 0.0126. The van der Waals surface area contributed by atoms with Gasteiger partial charge in [0.15, 0.2) is 0 Å². The SMILES string of the molecule is CC[C@H](C)[C@H](CO)N1C(=O)[C@@H]2[C@@H]3C(=O)OCCC=C[C@]3(C)S[C@@]23C=CCN(C2CCCCC2)C(=O)C13. The number of aliphatic hydroxyl groups is 1. The molecule has 1 saturated carbocycles. The first-order valence-electron chi connectivity index (χ1n) is 13.7. The van der Waals surface area contributed by atoms with Gasteiger partial charge in [-0.15, -0.1) is 11.8 Å². The molecule has 2 saturated heterocycles. The van der Waals surface area contributed by atoms with Crippen molar-refractivity contribution in [1.29, 1.82) is 0 Å². The minimum atomic E-state index is -0.883. The van der Waals surface area contributed by atoms with Gasteiger partial charge in [-0.25, -0.2) is 0 Å². The largest absolute Gasteiger partial charge is 0.465 e. The van der Waals surface area contributed by atoms with Crippen LogP contribution in [-0.2, 0) is 19.1 Å². The topological polar surface area (TPSA) is 87.2 Å². The highest BCUT2D eigenvalue weighted by Gasteiger charge is 2.74. The summed E-state index contributed by atoms with van der Waals surface area (Å²) in [5.41, 5.74) is 0. The van der Waals surface area contributed by atoms with Crippen molar-refractivity contribution >= 4 is 29.5 Å². The Morgan fingerprint density at radius 2 is 1.86 bits per heavy atom. The van der Waals surface area contributed by atoms with Crippen molar-refractivity contribution in [2.24, 2.45) is 17.8 Å². The summed E-state index contributed by atoms with van der Waals surface area (Å²) in [4.78, 5) is 46.1. The average molecular weight is 517 g/mol. The molecule has 0 aromatic rings. The molecule has 4 aliphatic heterocycles. The van der Waals surface area contributed by atoms with E-state index >= 15 is 0 Å². The van der Waals surface area contributed by atoms with Crippen LogP contribution in [-0.4, -0.2) is 80.1 Å². The number of hydrogen-bond acceptors (Lipinski definition) is 6. The maximum Gasteiger partial charge on any atom is 0.311 e. The van der Waals surface area contributed by atoms with Gasteiger partial charge in [-0.05, 0) is 32.1 Å². The smallest absolute Gasteiger partial charge is 0.311 e. The molecule has 1 aliphatic carbocycles. The zero-order valence-electron chi connectivity index (χ0n) is 21.7. The molecule has 7 nitrogen and oxygen atoms in total. The summed E-state index contributed by atoms with van der Waals surface area (Å²) in [7, 11) is 0. The van der Waals surface area contributed by atoms with Crippen molar-refractivity contribution in [3.8, 4) is 0 Å². The van der Waals surface area contributed by atoms with Crippen molar-refractivity contribution in [3.63, 3.8) is 0 Å². The van der Waals surface area contributed by atoms with Crippen LogP contribution in [0.15, 0.2) is 24.3 Å². The van der Waals surface area contributed by atoms with Crippen LogP contribution in [0.1, 0.15) is 65.7 Å². The Hall–Kier alpha value is -1.80. The Morgan fingerprint density at radius 1 is 1.11 bits per heavy atom. The summed E-state index contributed by atoms with van der Waals surface area (Å²) in [6.45, 7) is 6.67. The van der Waals surface area contributed by atoms with E-state index in [9.17, 15) is 19.5 Å². The van der Waals surface area contributed by atoms with E-state index in [0.29, 0.717) is 19.6 Å². The number of esters is 1. The van der Waals surface area contributed by atoms with Gasteiger partial charge in [0, 0.05) is 17.3 Å². The van der Waals surface area contributed by atoms with Gasteiger partial charge >= 0.3 is 5.97 Å². The van der Waals surface area contributed by atoms with Crippen LogP contribution >= 0.6 is 11.8 Å². The lowest BCUT2D eigenvalue weighted by Gasteiger charge is -2.43. The van der Waals surface area contributed by atoms with Crippen LogP contribution in [0, 0.1) is 17.8 Å². The monoisotopic (exact) mass is 516 g/mol. The minimum Gasteiger partial charge on any atom is -0.465 e. The van der Waals surface area contributed by atoms with Crippen molar-refractivity contribution in [3.05, 3.63) is 24.3 Å². The number of carbonyl (C=O) groups excluding carboxylic acids is 3. The summed E-state index contributed by atoms with van der Waals surface area (Å²) in [6, 6.07) is -1.07. The third-order valence-electron chi connectivity index (χ3n) is 9.35. The van der Waals surface area contributed by atoms with Gasteiger partial charge in [0.05, 0.1) is 35.8 Å². The van der Waals surface area contributed by atoms with E-state index in [2.05, 4.69) is 18.2 Å². The van der Waals surface area contributed by atoms with Crippen LogP contribution < -0.4 is 0 Å². The fourth-order valence-corrected chi connectivity index (χ4v) is 9.48. The highest BCUT2D eigenvalue weighted by atomic mass is 32.2. The Kier molecular flexibility index (Phi) is 7.05. The van der Waals surface area contributed by atoms with Gasteiger partial charge in [-0.2, -0.15) is 0 Å². The van der Waals surface area contributed by atoms with E-state index in [-0.39, 0.29) is 36.4 Å². The van der Waals surface area contributed by atoms with Crippen LogP contribution in [0.4, 0.5) is 0 Å². The molecule has 0 aromatic heterocycles. The van der Waals surface area contributed by atoms with Crippen molar-refractivity contribution in [1.82, 2.24) is 9.80 Å². The quantitative estimate of drug-likeness (QED) is 0.446.